The quantitative estimate of drug-likeness (QED) is 0.325. The Kier molecular flexibility index (Phi) is 7.16. The van der Waals surface area contributed by atoms with Crippen molar-refractivity contribution in [2.75, 3.05) is 5.32 Å². The molecular weight excluding hydrogens is 547 g/mol. The summed E-state index contributed by atoms with van der Waals surface area (Å²) >= 11 is 11.9. The standard InChI is InChI=1S/C23H16Cl2N4O7S/c24-14-3-6-17(7-4-14)37(35,36)29-22(33)18-8-5-15(25)10-19(18)28(23(29)34)12-20(30)26-16-2-1-9-27(11-16)13-21(31)32/h1-11H,12-13H2,(H-,26,30,31,32)/p+1. The number of nitrogens with zero attached hydrogens (tertiary/aromatic N) is 3. The molecule has 4 rings (SSSR count). The van der Waals surface area contributed by atoms with Gasteiger partial charge in [-0.3, -0.25) is 14.2 Å². The molecule has 0 atom stereocenters. The minimum atomic E-state index is -4.66. The highest BCUT2D eigenvalue weighted by atomic mass is 35.5. The number of benzene rings is 2. The second kappa shape index (κ2) is 10.2. The summed E-state index contributed by atoms with van der Waals surface area (Å²) in [5.74, 6) is -1.84. The van der Waals surface area contributed by atoms with E-state index in [0.717, 1.165) is 16.7 Å². The van der Waals surface area contributed by atoms with E-state index in [4.69, 9.17) is 28.3 Å². The van der Waals surface area contributed by atoms with Gasteiger partial charge in [-0.1, -0.05) is 23.2 Å². The molecule has 0 aliphatic rings. The zero-order chi connectivity index (χ0) is 26.9. The maximum atomic E-state index is 13.4. The number of hydrogen-bond acceptors (Lipinski definition) is 6. The molecule has 2 N–H and O–H groups in total. The highest BCUT2D eigenvalue weighted by Gasteiger charge is 2.26. The lowest BCUT2D eigenvalue weighted by Crippen LogP contribution is -2.45. The first-order chi connectivity index (χ1) is 17.5. The Morgan fingerprint density at radius 3 is 2.35 bits per heavy atom. The molecule has 2 aromatic carbocycles. The first-order valence-electron chi connectivity index (χ1n) is 10.4. The number of fused-ring (bicyclic) bond motifs is 1. The van der Waals surface area contributed by atoms with Gasteiger partial charge in [0.1, 0.15) is 12.2 Å². The number of pyridine rings is 1. The molecule has 0 aliphatic heterocycles. The van der Waals surface area contributed by atoms with Gasteiger partial charge in [-0.05, 0) is 48.5 Å². The number of carboxylic acid groups (broad SMARTS) is 1. The smallest absolute Gasteiger partial charge is 0.370 e. The van der Waals surface area contributed by atoms with E-state index in [0.29, 0.717) is 0 Å². The predicted octanol–water partition coefficient (Wildman–Crippen LogP) is 1.72. The maximum absolute atomic E-state index is 13.4. The van der Waals surface area contributed by atoms with E-state index in [-0.39, 0.29) is 42.0 Å². The fourth-order valence-corrected chi connectivity index (χ4v) is 5.19. The molecule has 2 aromatic heterocycles. The lowest BCUT2D eigenvalue weighted by molar-refractivity contribution is -0.685. The number of aliphatic carboxylic acids is 1. The summed E-state index contributed by atoms with van der Waals surface area (Å²) < 4.78 is 28.8. The Morgan fingerprint density at radius 2 is 1.68 bits per heavy atom. The van der Waals surface area contributed by atoms with Gasteiger partial charge in [0.15, 0.2) is 12.4 Å². The molecule has 0 fully saturated rings. The highest BCUT2D eigenvalue weighted by Crippen LogP contribution is 2.19. The number of aromatic nitrogens is 3. The zero-order valence-corrected chi connectivity index (χ0v) is 21.0. The van der Waals surface area contributed by atoms with Crippen LogP contribution in [0.3, 0.4) is 0 Å². The Bertz CT molecular complexity index is 1780. The number of anilines is 1. The van der Waals surface area contributed by atoms with Crippen LogP contribution < -0.4 is 21.1 Å². The summed E-state index contributed by atoms with van der Waals surface area (Å²) in [4.78, 5) is 50.0. The molecule has 190 valence electrons. The van der Waals surface area contributed by atoms with E-state index < -0.39 is 39.7 Å². The molecule has 0 saturated heterocycles. The molecule has 11 nitrogen and oxygen atoms in total. The van der Waals surface area contributed by atoms with E-state index in [1.54, 1.807) is 0 Å². The molecule has 0 spiro atoms. The van der Waals surface area contributed by atoms with E-state index in [9.17, 15) is 27.6 Å². The normalized spacial score (nSPS) is 11.4. The molecule has 0 unspecified atom stereocenters. The molecule has 0 bridgehead atoms. The van der Waals surface area contributed by atoms with E-state index >= 15 is 0 Å². The van der Waals surface area contributed by atoms with Gasteiger partial charge in [-0.2, -0.15) is 4.57 Å². The minimum Gasteiger partial charge on any atom is -0.477 e. The average molecular weight is 564 g/mol. The van der Waals surface area contributed by atoms with E-state index in [1.165, 1.54) is 59.4 Å². The van der Waals surface area contributed by atoms with Crippen LogP contribution in [-0.2, 0) is 32.7 Å². The summed E-state index contributed by atoms with van der Waals surface area (Å²) in [5.41, 5.74) is -2.21. The molecule has 0 saturated carbocycles. The van der Waals surface area contributed by atoms with Crippen molar-refractivity contribution in [1.82, 2.24) is 8.54 Å². The second-order valence-corrected chi connectivity index (χ2v) is 10.4. The van der Waals surface area contributed by atoms with Crippen molar-refractivity contribution in [3.63, 3.8) is 0 Å². The maximum Gasteiger partial charge on any atom is 0.370 e. The van der Waals surface area contributed by atoms with Crippen molar-refractivity contribution in [3.8, 4) is 0 Å². The number of hydrogen-bond donors (Lipinski definition) is 2. The van der Waals surface area contributed by atoms with Crippen LogP contribution in [-0.4, -0.2) is 33.9 Å². The Balaban J connectivity index is 1.82. The van der Waals surface area contributed by atoms with Crippen LogP contribution in [0.25, 0.3) is 10.9 Å². The van der Waals surface area contributed by atoms with Crippen LogP contribution in [0, 0.1) is 0 Å². The predicted molar refractivity (Wildman–Crippen MR) is 134 cm³/mol. The van der Waals surface area contributed by atoms with Gasteiger partial charge in [-0.25, -0.2) is 18.0 Å². The number of carboxylic acids is 1. The average Bonchev–Trinajstić information content (AvgIpc) is 2.81. The molecule has 0 radical (unpaired) electrons. The van der Waals surface area contributed by atoms with Gasteiger partial charge >= 0.3 is 11.7 Å². The van der Waals surface area contributed by atoms with Crippen molar-refractivity contribution in [2.45, 2.75) is 18.0 Å². The number of rotatable bonds is 7. The van der Waals surface area contributed by atoms with Crippen molar-refractivity contribution in [1.29, 1.82) is 0 Å². The number of amides is 1. The van der Waals surface area contributed by atoms with Gasteiger partial charge in [-0.15, -0.1) is 3.97 Å². The highest BCUT2D eigenvalue weighted by molar-refractivity contribution is 7.90. The fourth-order valence-electron chi connectivity index (χ4n) is 3.59. The Labute approximate surface area is 218 Å². The van der Waals surface area contributed by atoms with Crippen LogP contribution in [0.15, 0.2) is 81.5 Å². The molecule has 4 aromatic rings. The summed E-state index contributed by atoms with van der Waals surface area (Å²) in [6, 6.07) is 11.8. The number of carbonyl (C=O) groups excluding carboxylic acids is 1. The monoisotopic (exact) mass is 563 g/mol. The lowest BCUT2D eigenvalue weighted by atomic mass is 10.2. The topological polar surface area (TPSA) is 148 Å². The van der Waals surface area contributed by atoms with E-state index in [1.807, 2.05) is 0 Å². The summed E-state index contributed by atoms with van der Waals surface area (Å²) in [5, 5.41) is 11.7. The van der Waals surface area contributed by atoms with Crippen molar-refractivity contribution < 1.29 is 27.7 Å². The lowest BCUT2D eigenvalue weighted by Gasteiger charge is -2.14. The summed E-state index contributed by atoms with van der Waals surface area (Å²) in [7, 11) is -4.66. The van der Waals surface area contributed by atoms with Crippen LogP contribution in [0.2, 0.25) is 10.0 Å². The molecule has 14 heteroatoms. The zero-order valence-electron chi connectivity index (χ0n) is 18.7. The van der Waals surface area contributed by atoms with Crippen LogP contribution >= 0.6 is 23.2 Å². The molecule has 2 heterocycles. The molecule has 1 amide bonds. The number of halogens is 2. The Hall–Kier alpha value is -4.00. The second-order valence-electron chi connectivity index (χ2n) is 7.77. The van der Waals surface area contributed by atoms with E-state index in [2.05, 4.69) is 5.32 Å². The summed E-state index contributed by atoms with van der Waals surface area (Å²) in [6.07, 6.45) is 2.86. The van der Waals surface area contributed by atoms with Crippen LogP contribution in [0.5, 0.6) is 0 Å². The molecular formula is C23H17Cl2N4O7S+. The molecule has 37 heavy (non-hydrogen) atoms. The number of nitrogens with one attached hydrogen (secondary N) is 1. The van der Waals surface area contributed by atoms with Gasteiger partial charge < -0.3 is 10.4 Å². The third-order valence-corrected chi connectivity index (χ3v) is 7.34. The first kappa shape index (κ1) is 26.1. The van der Waals surface area contributed by atoms with Crippen LogP contribution in [0.4, 0.5) is 5.69 Å². The van der Waals surface area contributed by atoms with Gasteiger partial charge in [0.2, 0.25) is 12.5 Å². The third kappa shape index (κ3) is 5.40. The molecule has 0 aliphatic carbocycles. The van der Waals surface area contributed by atoms with Gasteiger partial charge in [0.05, 0.1) is 15.8 Å². The van der Waals surface area contributed by atoms with Crippen molar-refractivity contribution >= 4 is 61.7 Å². The SMILES string of the molecule is O=C(O)C[n+]1cccc(NC(=O)Cn2c(=O)n(S(=O)(=O)c3ccc(Cl)cc3)c(=O)c3ccc(Cl)cc32)c1. The summed E-state index contributed by atoms with van der Waals surface area (Å²) in [6.45, 7) is -1.03. The minimum absolute atomic E-state index is 0.0470. The van der Waals surface area contributed by atoms with Crippen LogP contribution in [0.1, 0.15) is 0 Å². The largest absolute Gasteiger partial charge is 0.477 e. The third-order valence-electron chi connectivity index (χ3n) is 5.18. The first-order valence-corrected chi connectivity index (χ1v) is 12.6. The van der Waals surface area contributed by atoms with Crippen molar-refractivity contribution in [2.24, 2.45) is 0 Å². The van der Waals surface area contributed by atoms with Gasteiger partial charge in [0.25, 0.3) is 15.6 Å². The van der Waals surface area contributed by atoms with Crippen molar-refractivity contribution in [3.05, 3.63) is 97.9 Å². The fraction of sp³-hybridized carbons (Fsp3) is 0.0870. The number of carbonyl (C=O) groups is 2. The van der Waals surface area contributed by atoms with Gasteiger partial charge in [0, 0.05) is 16.1 Å². The Morgan fingerprint density at radius 1 is 1.00 bits per heavy atom.